The first-order valence-electron chi connectivity index (χ1n) is 6.66. The number of nitrogens with one attached hydrogen (secondary N) is 1. The minimum atomic E-state index is -0.293. The summed E-state index contributed by atoms with van der Waals surface area (Å²) >= 11 is 0. The van der Waals surface area contributed by atoms with Crippen molar-refractivity contribution in [2.24, 2.45) is 11.1 Å². The number of nitrogens with two attached hydrogens (primary N) is 1. The fourth-order valence-electron chi connectivity index (χ4n) is 2.72. The van der Waals surface area contributed by atoms with Crippen LogP contribution in [0.3, 0.4) is 0 Å². The van der Waals surface area contributed by atoms with Crippen LogP contribution >= 0.6 is 0 Å². The highest BCUT2D eigenvalue weighted by molar-refractivity contribution is 5.83. The number of carbonyl (C=O) groups excluding carboxylic acids is 1. The lowest BCUT2D eigenvalue weighted by atomic mass is 9.73. The summed E-state index contributed by atoms with van der Waals surface area (Å²) in [4.78, 5) is 14.4. The molecular formula is C13H27N3O. The predicted molar refractivity (Wildman–Crippen MR) is 70.7 cm³/mol. The molecule has 1 rings (SSSR count). The van der Waals surface area contributed by atoms with Gasteiger partial charge >= 0.3 is 0 Å². The van der Waals surface area contributed by atoms with Gasteiger partial charge in [-0.3, -0.25) is 4.79 Å². The minimum absolute atomic E-state index is 0.161. The first kappa shape index (κ1) is 14.5. The standard InChI is InChI=1S/C13H27N3O/c1-11(9-16(2)3)15-12(17)13(10-14)7-5-4-6-8-13/h11H,4-10,14H2,1-3H3,(H,15,17). The summed E-state index contributed by atoms with van der Waals surface area (Å²) in [7, 11) is 4.03. The first-order valence-corrected chi connectivity index (χ1v) is 6.66. The van der Waals surface area contributed by atoms with Crippen LogP contribution in [0.4, 0.5) is 0 Å². The quantitative estimate of drug-likeness (QED) is 0.754. The average molecular weight is 241 g/mol. The van der Waals surface area contributed by atoms with Gasteiger partial charge in [-0.2, -0.15) is 0 Å². The zero-order chi connectivity index (χ0) is 12.9. The molecule has 4 heteroatoms. The summed E-state index contributed by atoms with van der Waals surface area (Å²) < 4.78 is 0. The third-order valence-corrected chi connectivity index (χ3v) is 3.70. The Bertz CT molecular complexity index is 247. The molecule has 1 atom stereocenters. The van der Waals surface area contributed by atoms with Crippen molar-refractivity contribution in [1.29, 1.82) is 0 Å². The van der Waals surface area contributed by atoms with Crippen LogP contribution in [0.1, 0.15) is 39.0 Å². The SMILES string of the molecule is CC(CN(C)C)NC(=O)C1(CN)CCCCC1. The number of hydrogen-bond donors (Lipinski definition) is 2. The minimum Gasteiger partial charge on any atom is -0.352 e. The second-order valence-corrected chi connectivity index (χ2v) is 5.68. The van der Waals surface area contributed by atoms with Gasteiger partial charge < -0.3 is 16.0 Å². The number of hydrogen-bond acceptors (Lipinski definition) is 3. The number of rotatable bonds is 5. The van der Waals surface area contributed by atoms with E-state index in [9.17, 15) is 4.79 Å². The van der Waals surface area contributed by atoms with Crippen molar-refractivity contribution in [3.8, 4) is 0 Å². The van der Waals surface area contributed by atoms with Crippen LogP contribution in [0.2, 0.25) is 0 Å². The Balaban J connectivity index is 2.54. The molecular weight excluding hydrogens is 214 g/mol. The van der Waals surface area contributed by atoms with E-state index in [1.54, 1.807) is 0 Å². The lowest BCUT2D eigenvalue weighted by Gasteiger charge is -2.35. The van der Waals surface area contributed by atoms with Crippen molar-refractivity contribution in [2.45, 2.75) is 45.1 Å². The Morgan fingerprint density at radius 2 is 1.94 bits per heavy atom. The van der Waals surface area contributed by atoms with E-state index >= 15 is 0 Å². The number of nitrogens with zero attached hydrogens (tertiary/aromatic N) is 1. The molecule has 1 aliphatic carbocycles. The molecule has 0 aromatic carbocycles. The lowest BCUT2D eigenvalue weighted by Crippen LogP contribution is -2.51. The maximum Gasteiger partial charge on any atom is 0.227 e. The highest BCUT2D eigenvalue weighted by Crippen LogP contribution is 2.35. The van der Waals surface area contributed by atoms with Gasteiger partial charge in [-0.1, -0.05) is 19.3 Å². The second-order valence-electron chi connectivity index (χ2n) is 5.68. The third kappa shape index (κ3) is 3.96. The van der Waals surface area contributed by atoms with E-state index in [0.717, 1.165) is 32.2 Å². The summed E-state index contributed by atoms with van der Waals surface area (Å²) in [6.07, 6.45) is 5.40. The van der Waals surface area contributed by atoms with Crippen LogP contribution in [-0.4, -0.2) is 44.0 Å². The number of amides is 1. The van der Waals surface area contributed by atoms with Gasteiger partial charge in [0.1, 0.15) is 0 Å². The lowest BCUT2D eigenvalue weighted by molar-refractivity contribution is -0.133. The Morgan fingerprint density at radius 3 is 2.41 bits per heavy atom. The fraction of sp³-hybridized carbons (Fsp3) is 0.923. The van der Waals surface area contributed by atoms with Crippen LogP contribution < -0.4 is 11.1 Å². The van der Waals surface area contributed by atoms with E-state index in [0.29, 0.717) is 6.54 Å². The first-order chi connectivity index (χ1) is 8.00. The molecule has 1 amide bonds. The van der Waals surface area contributed by atoms with Crippen LogP contribution in [-0.2, 0) is 4.79 Å². The molecule has 0 bridgehead atoms. The van der Waals surface area contributed by atoms with Crippen molar-refractivity contribution in [3.05, 3.63) is 0 Å². The Labute approximate surface area is 105 Å². The van der Waals surface area contributed by atoms with E-state index in [4.69, 9.17) is 5.73 Å². The van der Waals surface area contributed by atoms with Crippen LogP contribution in [0.25, 0.3) is 0 Å². The van der Waals surface area contributed by atoms with Gasteiger partial charge in [0.05, 0.1) is 5.41 Å². The second kappa shape index (κ2) is 6.36. The molecule has 0 aliphatic heterocycles. The molecule has 17 heavy (non-hydrogen) atoms. The van der Waals surface area contributed by atoms with E-state index < -0.39 is 0 Å². The molecule has 0 spiro atoms. The van der Waals surface area contributed by atoms with Crippen LogP contribution in [0, 0.1) is 5.41 Å². The van der Waals surface area contributed by atoms with Gasteiger partial charge in [-0.05, 0) is 33.9 Å². The van der Waals surface area contributed by atoms with Crippen molar-refractivity contribution in [3.63, 3.8) is 0 Å². The highest BCUT2D eigenvalue weighted by Gasteiger charge is 2.38. The topological polar surface area (TPSA) is 58.4 Å². The molecule has 0 aromatic heterocycles. The van der Waals surface area contributed by atoms with E-state index in [-0.39, 0.29) is 17.4 Å². The van der Waals surface area contributed by atoms with Gasteiger partial charge in [0.15, 0.2) is 0 Å². The molecule has 0 aromatic rings. The number of carbonyl (C=O) groups is 1. The molecule has 1 aliphatic rings. The number of likely N-dealkylation sites (N-methyl/N-ethyl adjacent to an activating group) is 1. The molecule has 0 saturated heterocycles. The van der Waals surface area contributed by atoms with Crippen molar-refractivity contribution in [1.82, 2.24) is 10.2 Å². The van der Waals surface area contributed by atoms with Gasteiger partial charge in [-0.15, -0.1) is 0 Å². The normalized spacial score (nSPS) is 21.2. The maximum atomic E-state index is 12.3. The Kier molecular flexibility index (Phi) is 5.40. The fourth-order valence-corrected chi connectivity index (χ4v) is 2.72. The molecule has 1 fully saturated rings. The molecule has 100 valence electrons. The van der Waals surface area contributed by atoms with Gasteiger partial charge in [-0.25, -0.2) is 0 Å². The zero-order valence-corrected chi connectivity index (χ0v) is 11.5. The zero-order valence-electron chi connectivity index (χ0n) is 11.5. The molecule has 0 radical (unpaired) electrons. The van der Waals surface area contributed by atoms with Crippen molar-refractivity contribution >= 4 is 5.91 Å². The van der Waals surface area contributed by atoms with Crippen LogP contribution in [0.5, 0.6) is 0 Å². The average Bonchev–Trinajstić information content (AvgIpc) is 2.28. The molecule has 4 nitrogen and oxygen atoms in total. The maximum absolute atomic E-state index is 12.3. The monoisotopic (exact) mass is 241 g/mol. The van der Waals surface area contributed by atoms with Gasteiger partial charge in [0.25, 0.3) is 0 Å². The summed E-state index contributed by atoms with van der Waals surface area (Å²) in [6, 6.07) is 0.183. The smallest absolute Gasteiger partial charge is 0.227 e. The third-order valence-electron chi connectivity index (χ3n) is 3.70. The molecule has 0 heterocycles. The van der Waals surface area contributed by atoms with E-state index in [2.05, 4.69) is 10.2 Å². The van der Waals surface area contributed by atoms with Crippen LogP contribution in [0.15, 0.2) is 0 Å². The van der Waals surface area contributed by atoms with Gasteiger partial charge in [0.2, 0.25) is 5.91 Å². The predicted octanol–water partition coefficient (Wildman–Crippen LogP) is 0.962. The Morgan fingerprint density at radius 1 is 1.35 bits per heavy atom. The van der Waals surface area contributed by atoms with Crippen molar-refractivity contribution < 1.29 is 4.79 Å². The summed E-state index contributed by atoms with van der Waals surface area (Å²) in [5.74, 6) is 0.161. The largest absolute Gasteiger partial charge is 0.352 e. The molecule has 1 unspecified atom stereocenters. The molecule has 3 N–H and O–H groups in total. The summed E-state index contributed by atoms with van der Waals surface area (Å²) in [5, 5.41) is 3.11. The highest BCUT2D eigenvalue weighted by atomic mass is 16.2. The van der Waals surface area contributed by atoms with Crippen molar-refractivity contribution in [2.75, 3.05) is 27.2 Å². The molecule has 1 saturated carbocycles. The summed E-state index contributed by atoms with van der Waals surface area (Å²) in [6.45, 7) is 3.39. The van der Waals surface area contributed by atoms with E-state index in [1.807, 2.05) is 21.0 Å². The van der Waals surface area contributed by atoms with E-state index in [1.165, 1.54) is 6.42 Å². The summed E-state index contributed by atoms with van der Waals surface area (Å²) in [5.41, 5.74) is 5.55. The Hall–Kier alpha value is -0.610. The van der Waals surface area contributed by atoms with Gasteiger partial charge in [0, 0.05) is 19.1 Å².